The molecule has 1 aliphatic rings. The second-order valence-corrected chi connectivity index (χ2v) is 6.88. The van der Waals surface area contributed by atoms with E-state index >= 15 is 0 Å². The average Bonchev–Trinajstić information content (AvgIpc) is 2.47. The fraction of sp³-hybridized carbons (Fsp3) is 0.625. The van der Waals surface area contributed by atoms with Crippen LogP contribution in [0.2, 0.25) is 0 Å². The van der Waals surface area contributed by atoms with Crippen molar-refractivity contribution < 1.29 is 0 Å². The number of nitrogens with zero attached hydrogens (tertiary/aromatic N) is 2. The summed E-state index contributed by atoms with van der Waals surface area (Å²) in [7, 11) is 4.37. The average molecular weight is 293 g/mol. The quantitative estimate of drug-likeness (QED) is 0.846. The molecule has 1 aromatic rings. The number of anilines is 1. The van der Waals surface area contributed by atoms with Gasteiger partial charge in [0.1, 0.15) is 0 Å². The van der Waals surface area contributed by atoms with Gasteiger partial charge in [0, 0.05) is 41.8 Å². The molecule has 1 aliphatic heterocycles. The van der Waals surface area contributed by atoms with E-state index in [1.165, 1.54) is 29.0 Å². The molecule has 0 spiro atoms. The van der Waals surface area contributed by atoms with Gasteiger partial charge in [-0.1, -0.05) is 13.0 Å². The molecule has 0 atom stereocenters. The summed E-state index contributed by atoms with van der Waals surface area (Å²) in [6.07, 6.45) is 2.48. The molecule has 0 aromatic heterocycles. The molecule has 2 rings (SSSR count). The van der Waals surface area contributed by atoms with Gasteiger partial charge >= 0.3 is 0 Å². The van der Waals surface area contributed by atoms with Crippen LogP contribution < -0.4 is 10.6 Å². The fourth-order valence-corrected chi connectivity index (χ4v) is 3.82. The molecule has 1 aromatic carbocycles. The number of hydrogen-bond donors (Lipinski definition) is 1. The van der Waals surface area contributed by atoms with Crippen LogP contribution in [0, 0.1) is 0 Å². The molecular formula is C16H27N3S. The minimum absolute atomic E-state index is 0.631. The first kappa shape index (κ1) is 15.7. The minimum Gasteiger partial charge on any atom is -0.371 e. The largest absolute Gasteiger partial charge is 0.371 e. The predicted molar refractivity (Wildman–Crippen MR) is 89.7 cm³/mol. The first-order chi connectivity index (χ1) is 9.67. The molecule has 3 nitrogen and oxygen atoms in total. The molecule has 0 saturated carbocycles. The first-order valence-electron chi connectivity index (χ1n) is 7.53. The lowest BCUT2D eigenvalue weighted by Gasteiger charge is -2.37. The van der Waals surface area contributed by atoms with Crippen LogP contribution in [0.15, 0.2) is 23.1 Å². The highest BCUT2D eigenvalue weighted by molar-refractivity contribution is 7.99. The van der Waals surface area contributed by atoms with Gasteiger partial charge in [-0.25, -0.2) is 0 Å². The Balaban J connectivity index is 2.15. The lowest BCUT2D eigenvalue weighted by atomic mass is 10.0. The van der Waals surface area contributed by atoms with Crippen LogP contribution in [-0.2, 0) is 6.54 Å². The van der Waals surface area contributed by atoms with E-state index in [-0.39, 0.29) is 0 Å². The zero-order chi connectivity index (χ0) is 14.5. The van der Waals surface area contributed by atoms with E-state index < -0.39 is 0 Å². The topological polar surface area (TPSA) is 32.5 Å². The van der Waals surface area contributed by atoms with Gasteiger partial charge < -0.3 is 15.5 Å². The summed E-state index contributed by atoms with van der Waals surface area (Å²) >= 11 is 1.90. The normalized spacial score (nSPS) is 16.9. The Morgan fingerprint density at radius 2 is 2.00 bits per heavy atom. The maximum Gasteiger partial charge on any atom is 0.0423 e. The molecule has 0 radical (unpaired) electrons. The van der Waals surface area contributed by atoms with Crippen LogP contribution in [0.25, 0.3) is 0 Å². The lowest BCUT2D eigenvalue weighted by molar-refractivity contribution is 0.249. The van der Waals surface area contributed by atoms with Gasteiger partial charge in [0.2, 0.25) is 0 Å². The summed E-state index contributed by atoms with van der Waals surface area (Å²) in [5.74, 6) is 1.10. The van der Waals surface area contributed by atoms with Crippen LogP contribution >= 0.6 is 11.8 Å². The van der Waals surface area contributed by atoms with Crippen LogP contribution in [0.1, 0.15) is 25.3 Å². The molecule has 1 fully saturated rings. The van der Waals surface area contributed by atoms with Crippen molar-refractivity contribution in [3.63, 3.8) is 0 Å². The molecule has 0 amide bonds. The van der Waals surface area contributed by atoms with Gasteiger partial charge in [0.25, 0.3) is 0 Å². The third-order valence-corrected chi connectivity index (χ3v) is 5.13. The Morgan fingerprint density at radius 3 is 2.55 bits per heavy atom. The van der Waals surface area contributed by atoms with Gasteiger partial charge in [-0.2, -0.15) is 0 Å². The van der Waals surface area contributed by atoms with Crippen LogP contribution in [-0.4, -0.2) is 43.9 Å². The second-order valence-electron chi connectivity index (χ2n) is 5.57. The van der Waals surface area contributed by atoms with Crippen molar-refractivity contribution in [2.24, 2.45) is 5.73 Å². The van der Waals surface area contributed by atoms with Crippen molar-refractivity contribution in [2.75, 3.05) is 37.8 Å². The highest BCUT2D eigenvalue weighted by Crippen LogP contribution is 2.32. The van der Waals surface area contributed by atoms with Gasteiger partial charge in [-0.3, -0.25) is 0 Å². The summed E-state index contributed by atoms with van der Waals surface area (Å²) < 4.78 is 0. The second kappa shape index (κ2) is 7.34. The van der Waals surface area contributed by atoms with Crippen LogP contribution in [0.5, 0.6) is 0 Å². The van der Waals surface area contributed by atoms with E-state index in [2.05, 4.69) is 49.0 Å². The number of piperidine rings is 1. The maximum absolute atomic E-state index is 6.02. The third-order valence-electron chi connectivity index (χ3n) is 4.15. The number of benzene rings is 1. The standard InChI is InChI=1S/C16H27N3S/c1-4-20-16-7-5-6-15(14(16)12-17)19-10-8-13(9-11-19)18(2)3/h5-7,13H,4,8-12,17H2,1-3H3. The fourth-order valence-electron chi connectivity index (χ4n) is 2.97. The Labute approximate surface area is 127 Å². The van der Waals surface area contributed by atoms with E-state index in [1.807, 2.05) is 11.8 Å². The molecule has 0 aliphatic carbocycles. The zero-order valence-electron chi connectivity index (χ0n) is 12.9. The summed E-state index contributed by atoms with van der Waals surface area (Å²) in [5.41, 5.74) is 8.69. The Kier molecular flexibility index (Phi) is 5.75. The van der Waals surface area contributed by atoms with E-state index in [0.717, 1.165) is 24.9 Å². The Hall–Kier alpha value is -0.710. The molecule has 20 heavy (non-hydrogen) atoms. The van der Waals surface area contributed by atoms with E-state index in [0.29, 0.717) is 6.54 Å². The van der Waals surface area contributed by atoms with Crippen molar-refractivity contribution in [3.05, 3.63) is 23.8 Å². The van der Waals surface area contributed by atoms with E-state index in [4.69, 9.17) is 5.73 Å². The molecule has 0 unspecified atom stereocenters. The van der Waals surface area contributed by atoms with Crippen molar-refractivity contribution in [1.82, 2.24) is 4.90 Å². The van der Waals surface area contributed by atoms with Gasteiger partial charge in [-0.15, -0.1) is 11.8 Å². The first-order valence-corrected chi connectivity index (χ1v) is 8.52. The Bertz CT molecular complexity index is 426. The predicted octanol–water partition coefficient (Wildman–Crippen LogP) is 2.79. The smallest absolute Gasteiger partial charge is 0.0423 e. The van der Waals surface area contributed by atoms with Crippen molar-refractivity contribution in [1.29, 1.82) is 0 Å². The highest BCUT2D eigenvalue weighted by atomic mass is 32.2. The van der Waals surface area contributed by atoms with Gasteiger partial charge in [-0.05, 0) is 44.8 Å². The summed E-state index contributed by atoms with van der Waals surface area (Å²) in [5, 5.41) is 0. The highest BCUT2D eigenvalue weighted by Gasteiger charge is 2.22. The number of hydrogen-bond acceptors (Lipinski definition) is 4. The van der Waals surface area contributed by atoms with E-state index in [9.17, 15) is 0 Å². The number of nitrogens with two attached hydrogens (primary N) is 1. The molecule has 1 saturated heterocycles. The van der Waals surface area contributed by atoms with Gasteiger partial charge in [0.05, 0.1) is 0 Å². The van der Waals surface area contributed by atoms with E-state index in [1.54, 1.807) is 0 Å². The van der Waals surface area contributed by atoms with Crippen molar-refractivity contribution >= 4 is 17.4 Å². The maximum atomic E-state index is 6.02. The molecule has 4 heteroatoms. The van der Waals surface area contributed by atoms with Crippen molar-refractivity contribution in [3.8, 4) is 0 Å². The number of rotatable bonds is 5. The molecule has 1 heterocycles. The summed E-state index contributed by atoms with van der Waals surface area (Å²) in [6.45, 7) is 5.10. The van der Waals surface area contributed by atoms with Crippen LogP contribution in [0.3, 0.4) is 0 Å². The van der Waals surface area contributed by atoms with Crippen LogP contribution in [0.4, 0.5) is 5.69 Å². The van der Waals surface area contributed by atoms with Gasteiger partial charge in [0.15, 0.2) is 0 Å². The molecule has 2 N–H and O–H groups in total. The monoisotopic (exact) mass is 293 g/mol. The Morgan fingerprint density at radius 1 is 1.30 bits per heavy atom. The third kappa shape index (κ3) is 3.48. The zero-order valence-corrected chi connectivity index (χ0v) is 13.7. The SMILES string of the molecule is CCSc1cccc(N2CCC(N(C)C)CC2)c1CN. The molecular weight excluding hydrogens is 266 g/mol. The number of thioether (sulfide) groups is 1. The summed E-state index contributed by atoms with van der Waals surface area (Å²) in [4.78, 5) is 6.22. The van der Waals surface area contributed by atoms with Crippen molar-refractivity contribution in [2.45, 2.75) is 37.2 Å². The lowest BCUT2D eigenvalue weighted by Crippen LogP contribution is -2.42. The minimum atomic E-state index is 0.631. The molecule has 112 valence electrons. The summed E-state index contributed by atoms with van der Waals surface area (Å²) in [6, 6.07) is 7.33. The molecule has 0 bridgehead atoms.